The van der Waals surface area contributed by atoms with Crippen molar-refractivity contribution in [2.45, 2.75) is 64.8 Å². The van der Waals surface area contributed by atoms with E-state index in [1.54, 1.807) is 6.92 Å². The third-order valence-electron chi connectivity index (χ3n) is 5.52. The van der Waals surface area contributed by atoms with Crippen LogP contribution in [0.15, 0.2) is 0 Å². The topological polar surface area (TPSA) is 42.4 Å². The number of thiazole rings is 1. The molecule has 3 rings (SSSR count). The zero-order chi connectivity index (χ0) is 18.5. The monoisotopic (exact) mass is 386 g/mol. The van der Waals surface area contributed by atoms with E-state index in [9.17, 15) is 13.6 Å². The molecular formula is C19H28F2N2O2S. The van der Waals surface area contributed by atoms with Gasteiger partial charge >= 0.3 is 0 Å². The molecule has 0 atom stereocenters. The summed E-state index contributed by atoms with van der Waals surface area (Å²) in [4.78, 5) is 19.2. The summed E-state index contributed by atoms with van der Waals surface area (Å²) in [5, 5.41) is 0.376. The highest BCUT2D eigenvalue weighted by molar-refractivity contribution is 7.13. The van der Waals surface area contributed by atoms with Gasteiger partial charge in [0.25, 0.3) is 11.6 Å². The van der Waals surface area contributed by atoms with Crippen molar-refractivity contribution in [3.8, 4) is 5.19 Å². The lowest BCUT2D eigenvalue weighted by Gasteiger charge is -2.31. The molecule has 0 bridgehead atoms. The maximum Gasteiger partial charge on any atom is 0.273 e. The Morgan fingerprint density at radius 2 is 2.04 bits per heavy atom. The zero-order valence-electron chi connectivity index (χ0n) is 15.4. The predicted molar refractivity (Wildman–Crippen MR) is 98.0 cm³/mol. The van der Waals surface area contributed by atoms with Gasteiger partial charge in [-0.3, -0.25) is 4.90 Å². The molecule has 146 valence electrons. The fourth-order valence-electron chi connectivity index (χ4n) is 4.11. The molecule has 0 spiro atoms. The Labute approximate surface area is 157 Å². The van der Waals surface area contributed by atoms with Crippen molar-refractivity contribution in [2.24, 2.45) is 11.8 Å². The van der Waals surface area contributed by atoms with E-state index in [-0.39, 0.29) is 0 Å². The lowest BCUT2D eigenvalue weighted by molar-refractivity contribution is -0.118. The molecule has 2 aliphatic rings. The number of aromatic nitrogens is 1. The van der Waals surface area contributed by atoms with E-state index in [4.69, 9.17) is 4.74 Å². The van der Waals surface area contributed by atoms with E-state index in [2.05, 4.69) is 9.88 Å². The van der Waals surface area contributed by atoms with Gasteiger partial charge in [-0.1, -0.05) is 24.2 Å². The van der Waals surface area contributed by atoms with Crippen molar-refractivity contribution in [3.63, 3.8) is 0 Å². The molecule has 0 amide bonds. The maximum atomic E-state index is 12.3. The molecular weight excluding hydrogens is 358 g/mol. The van der Waals surface area contributed by atoms with Gasteiger partial charge in [-0.05, 0) is 51.0 Å². The Kier molecular flexibility index (Phi) is 6.98. The summed E-state index contributed by atoms with van der Waals surface area (Å²) in [7, 11) is 0. The standard InChI is InChI=1S/C19H28F2N2O2S/c1-13(24)10-15-4-2-14(3-5-15)6-8-23-9-7-17-16(11-23)22-19(26-17)25-12-18(20)21/h14-15,18H,2-12H2,1H3. The van der Waals surface area contributed by atoms with E-state index in [1.165, 1.54) is 48.3 Å². The number of carbonyl (C=O) groups is 1. The quantitative estimate of drug-likeness (QED) is 0.667. The highest BCUT2D eigenvalue weighted by atomic mass is 32.1. The van der Waals surface area contributed by atoms with Crippen molar-refractivity contribution in [3.05, 3.63) is 10.6 Å². The average Bonchev–Trinajstić information content (AvgIpc) is 3.01. The number of ketones is 1. The first kappa shape index (κ1) is 19.7. The van der Waals surface area contributed by atoms with Crippen molar-refractivity contribution in [1.29, 1.82) is 0 Å². The van der Waals surface area contributed by atoms with Gasteiger partial charge in [-0.25, -0.2) is 13.8 Å². The number of ether oxygens (including phenoxy) is 1. The molecule has 7 heteroatoms. The minimum Gasteiger partial charge on any atom is -0.464 e. The van der Waals surface area contributed by atoms with Crippen LogP contribution in [0.1, 0.15) is 56.0 Å². The highest BCUT2D eigenvalue weighted by Crippen LogP contribution is 2.34. The van der Waals surface area contributed by atoms with E-state index in [0.717, 1.165) is 44.1 Å². The number of fused-ring (bicyclic) bond motifs is 1. The lowest BCUT2D eigenvalue weighted by atomic mass is 9.78. The van der Waals surface area contributed by atoms with Gasteiger partial charge in [0.1, 0.15) is 5.78 Å². The van der Waals surface area contributed by atoms with Crippen LogP contribution in [0, 0.1) is 11.8 Å². The number of hydrogen-bond donors (Lipinski definition) is 0. The van der Waals surface area contributed by atoms with Gasteiger partial charge in [-0.15, -0.1) is 0 Å². The van der Waals surface area contributed by atoms with Crippen LogP contribution in [0.3, 0.4) is 0 Å². The molecule has 1 aliphatic heterocycles. The van der Waals surface area contributed by atoms with Crippen LogP contribution in [0.4, 0.5) is 8.78 Å². The zero-order valence-corrected chi connectivity index (χ0v) is 16.2. The normalized spacial score (nSPS) is 23.8. The molecule has 4 nitrogen and oxygen atoms in total. The molecule has 0 saturated heterocycles. The van der Waals surface area contributed by atoms with Gasteiger partial charge in [0, 0.05) is 24.4 Å². The number of carbonyl (C=O) groups excluding carboxylic acids is 1. The van der Waals surface area contributed by atoms with Crippen molar-refractivity contribution in [1.82, 2.24) is 9.88 Å². The summed E-state index contributed by atoms with van der Waals surface area (Å²) in [6, 6.07) is 0. The van der Waals surface area contributed by atoms with Gasteiger partial charge < -0.3 is 9.53 Å². The molecule has 26 heavy (non-hydrogen) atoms. The van der Waals surface area contributed by atoms with E-state index < -0.39 is 13.0 Å². The van der Waals surface area contributed by atoms with Crippen molar-refractivity contribution < 1.29 is 18.3 Å². The Morgan fingerprint density at radius 1 is 1.31 bits per heavy atom. The van der Waals surface area contributed by atoms with Crippen LogP contribution in [0.25, 0.3) is 0 Å². The van der Waals surface area contributed by atoms with E-state index >= 15 is 0 Å². The first-order valence-corrected chi connectivity index (χ1v) is 10.4. The summed E-state index contributed by atoms with van der Waals surface area (Å²) in [5.41, 5.74) is 0.996. The Balaban J connectivity index is 1.40. The lowest BCUT2D eigenvalue weighted by Crippen LogP contribution is -2.32. The number of halogens is 2. The Morgan fingerprint density at radius 3 is 2.73 bits per heavy atom. The van der Waals surface area contributed by atoms with Crippen LogP contribution >= 0.6 is 11.3 Å². The Hall–Kier alpha value is -1.08. The minimum atomic E-state index is -2.46. The first-order chi connectivity index (χ1) is 12.5. The van der Waals surface area contributed by atoms with Gasteiger partial charge in [-0.2, -0.15) is 0 Å². The summed E-state index contributed by atoms with van der Waals surface area (Å²) < 4.78 is 29.6. The van der Waals surface area contributed by atoms with Gasteiger partial charge in [0.2, 0.25) is 0 Å². The second-order valence-corrected chi connectivity index (χ2v) is 8.71. The summed E-state index contributed by atoms with van der Waals surface area (Å²) in [6.45, 7) is 3.97. The van der Waals surface area contributed by atoms with Crippen LogP contribution in [0.5, 0.6) is 5.19 Å². The number of rotatable bonds is 8. The van der Waals surface area contributed by atoms with Crippen molar-refractivity contribution >= 4 is 17.1 Å². The SMILES string of the molecule is CC(=O)CC1CCC(CCN2CCc3sc(OCC(F)F)nc3C2)CC1. The summed E-state index contributed by atoms with van der Waals surface area (Å²) in [5.74, 6) is 1.68. The smallest absolute Gasteiger partial charge is 0.273 e. The molecule has 1 fully saturated rings. The molecule has 1 saturated carbocycles. The van der Waals surface area contributed by atoms with Gasteiger partial charge in [0.15, 0.2) is 6.61 Å². The van der Waals surface area contributed by atoms with Crippen LogP contribution in [-0.2, 0) is 17.8 Å². The molecule has 2 heterocycles. The first-order valence-electron chi connectivity index (χ1n) is 9.61. The van der Waals surface area contributed by atoms with Crippen LogP contribution in [-0.4, -0.2) is 41.8 Å². The average molecular weight is 387 g/mol. The summed E-state index contributed by atoms with van der Waals surface area (Å²) >= 11 is 1.41. The molecule has 0 N–H and O–H groups in total. The fourth-order valence-corrected chi connectivity index (χ4v) is 5.03. The second-order valence-electron chi connectivity index (χ2n) is 7.66. The number of alkyl halides is 2. The Bertz CT molecular complexity index is 600. The minimum absolute atomic E-state index is 0.317. The molecule has 0 aromatic carbocycles. The highest BCUT2D eigenvalue weighted by Gasteiger charge is 2.25. The third-order valence-corrected chi connectivity index (χ3v) is 6.59. The van der Waals surface area contributed by atoms with Crippen molar-refractivity contribution in [2.75, 3.05) is 19.7 Å². The summed E-state index contributed by atoms with van der Waals surface area (Å²) in [6.07, 6.45) is 5.26. The van der Waals surface area contributed by atoms with E-state index in [1.807, 2.05) is 0 Å². The third kappa shape index (κ3) is 5.71. The van der Waals surface area contributed by atoms with Gasteiger partial charge in [0.05, 0.1) is 5.69 Å². The fraction of sp³-hybridized carbons (Fsp3) is 0.789. The predicted octanol–water partition coefficient (Wildman–Crippen LogP) is 4.32. The number of Topliss-reactive ketones (excluding diaryl/α,β-unsaturated/α-hetero) is 1. The molecule has 0 unspecified atom stereocenters. The largest absolute Gasteiger partial charge is 0.464 e. The second kappa shape index (κ2) is 9.22. The molecule has 1 aliphatic carbocycles. The van der Waals surface area contributed by atoms with Crippen LogP contribution in [0.2, 0.25) is 0 Å². The van der Waals surface area contributed by atoms with Crippen LogP contribution < -0.4 is 4.74 Å². The number of hydrogen-bond acceptors (Lipinski definition) is 5. The molecule has 0 radical (unpaired) electrons. The molecule has 1 aromatic heterocycles. The molecule has 1 aromatic rings. The number of nitrogens with zero attached hydrogens (tertiary/aromatic N) is 2. The maximum absolute atomic E-state index is 12.3. The van der Waals surface area contributed by atoms with E-state index in [0.29, 0.717) is 16.9 Å².